The number of ether oxygens (including phenoxy) is 1. The summed E-state index contributed by atoms with van der Waals surface area (Å²) in [5.74, 6) is -3.32. The second-order valence-corrected chi connectivity index (χ2v) is 4.31. The minimum absolute atomic E-state index is 0.0203. The Balaban J connectivity index is 2.39. The van der Waals surface area contributed by atoms with E-state index >= 15 is 0 Å². The van der Waals surface area contributed by atoms with Crippen molar-refractivity contribution < 1.29 is 17.9 Å². The fourth-order valence-corrected chi connectivity index (χ4v) is 1.56. The van der Waals surface area contributed by atoms with Crippen LogP contribution in [0.4, 0.5) is 18.9 Å². The molecule has 0 heterocycles. The van der Waals surface area contributed by atoms with Gasteiger partial charge in [-0.15, -0.1) is 0 Å². The van der Waals surface area contributed by atoms with Crippen LogP contribution in [-0.2, 0) is 0 Å². The fourth-order valence-electron chi connectivity index (χ4n) is 1.31. The minimum atomic E-state index is -1.21. The molecule has 2 rings (SSSR count). The molecule has 0 aromatic heterocycles. The van der Waals surface area contributed by atoms with Gasteiger partial charge in [0.1, 0.15) is 11.6 Å². The average Bonchev–Trinajstić information content (AvgIpc) is 2.34. The van der Waals surface area contributed by atoms with Gasteiger partial charge in [-0.25, -0.2) is 8.78 Å². The van der Waals surface area contributed by atoms with Crippen molar-refractivity contribution >= 4 is 21.6 Å². The third-order valence-electron chi connectivity index (χ3n) is 2.19. The van der Waals surface area contributed by atoms with Gasteiger partial charge < -0.3 is 10.5 Å². The monoisotopic (exact) mass is 317 g/mol. The lowest BCUT2D eigenvalue weighted by Crippen LogP contribution is -1.98. The maximum absolute atomic E-state index is 13.4. The Morgan fingerprint density at radius 1 is 1.00 bits per heavy atom. The highest BCUT2D eigenvalue weighted by molar-refractivity contribution is 9.10. The van der Waals surface area contributed by atoms with Gasteiger partial charge in [-0.2, -0.15) is 4.39 Å². The van der Waals surface area contributed by atoms with Crippen LogP contribution in [0.15, 0.2) is 34.8 Å². The molecule has 0 amide bonds. The van der Waals surface area contributed by atoms with E-state index in [1.807, 2.05) is 0 Å². The van der Waals surface area contributed by atoms with Crippen molar-refractivity contribution in [2.75, 3.05) is 5.73 Å². The molecule has 0 aliphatic heterocycles. The van der Waals surface area contributed by atoms with Crippen molar-refractivity contribution in [2.45, 2.75) is 0 Å². The lowest BCUT2D eigenvalue weighted by molar-refractivity contribution is 0.416. The maximum Gasteiger partial charge on any atom is 0.203 e. The molecule has 0 unspecified atom stereocenters. The van der Waals surface area contributed by atoms with Crippen LogP contribution in [0.1, 0.15) is 0 Å². The first kappa shape index (κ1) is 12.8. The molecule has 2 aromatic rings. The predicted molar refractivity (Wildman–Crippen MR) is 64.9 cm³/mol. The third-order valence-corrected chi connectivity index (χ3v) is 2.83. The summed E-state index contributed by atoms with van der Waals surface area (Å²) in [5, 5.41) is 0. The van der Waals surface area contributed by atoms with Crippen molar-refractivity contribution in [1.82, 2.24) is 0 Å². The molecule has 0 fully saturated rings. The van der Waals surface area contributed by atoms with Crippen LogP contribution < -0.4 is 10.5 Å². The summed E-state index contributed by atoms with van der Waals surface area (Å²) in [5.41, 5.74) is 5.40. The molecule has 6 heteroatoms. The summed E-state index contributed by atoms with van der Waals surface area (Å²) < 4.78 is 45.0. The molecule has 2 nitrogen and oxygen atoms in total. The highest BCUT2D eigenvalue weighted by atomic mass is 79.9. The molecule has 0 saturated carbocycles. The molecule has 18 heavy (non-hydrogen) atoms. The smallest absolute Gasteiger partial charge is 0.203 e. The summed E-state index contributed by atoms with van der Waals surface area (Å²) in [7, 11) is 0. The molecule has 0 spiro atoms. The first-order valence-electron chi connectivity index (χ1n) is 4.85. The Labute approximate surface area is 109 Å². The quantitative estimate of drug-likeness (QED) is 0.841. The number of benzene rings is 2. The van der Waals surface area contributed by atoms with Gasteiger partial charge in [-0.05, 0) is 40.2 Å². The number of rotatable bonds is 2. The van der Waals surface area contributed by atoms with Gasteiger partial charge >= 0.3 is 0 Å². The Bertz CT molecular complexity index is 604. The summed E-state index contributed by atoms with van der Waals surface area (Å²) in [4.78, 5) is 0. The zero-order valence-electron chi connectivity index (χ0n) is 8.88. The summed E-state index contributed by atoms with van der Waals surface area (Å²) in [6, 6.07) is 5.88. The zero-order valence-corrected chi connectivity index (χ0v) is 10.5. The van der Waals surface area contributed by atoms with Crippen LogP contribution in [0.5, 0.6) is 11.5 Å². The van der Waals surface area contributed by atoms with E-state index < -0.39 is 23.2 Å². The van der Waals surface area contributed by atoms with E-state index in [0.29, 0.717) is 0 Å². The van der Waals surface area contributed by atoms with Crippen molar-refractivity contribution in [2.24, 2.45) is 0 Å². The van der Waals surface area contributed by atoms with Gasteiger partial charge in [0.2, 0.25) is 5.82 Å². The highest BCUT2D eigenvalue weighted by Gasteiger charge is 2.14. The van der Waals surface area contributed by atoms with Gasteiger partial charge in [-0.1, -0.05) is 0 Å². The standard InChI is InChI=1S/C12H7BrF3NO/c13-7-2-1-6(5-9(7)15)18-12-10(17)4-3-8(14)11(12)16/h1-5H,17H2. The van der Waals surface area contributed by atoms with Gasteiger partial charge in [0.25, 0.3) is 0 Å². The Hall–Kier alpha value is -1.69. The lowest BCUT2D eigenvalue weighted by atomic mass is 10.2. The molecule has 0 saturated heterocycles. The topological polar surface area (TPSA) is 35.2 Å². The number of halogens is 4. The average molecular weight is 318 g/mol. The summed E-state index contributed by atoms with van der Waals surface area (Å²) in [6.07, 6.45) is 0. The van der Waals surface area contributed by atoms with Gasteiger partial charge in [0, 0.05) is 6.07 Å². The second kappa shape index (κ2) is 4.89. The number of hydrogen-bond donors (Lipinski definition) is 1. The largest absolute Gasteiger partial charge is 0.452 e. The van der Waals surface area contributed by atoms with E-state index in [-0.39, 0.29) is 15.9 Å². The summed E-state index contributed by atoms with van der Waals surface area (Å²) >= 11 is 2.97. The van der Waals surface area contributed by atoms with Crippen LogP contribution in [0.3, 0.4) is 0 Å². The van der Waals surface area contributed by atoms with Crippen LogP contribution in [0.2, 0.25) is 0 Å². The highest BCUT2D eigenvalue weighted by Crippen LogP contribution is 2.32. The van der Waals surface area contributed by atoms with E-state index in [4.69, 9.17) is 10.5 Å². The normalized spacial score (nSPS) is 10.4. The molecule has 2 N–H and O–H groups in total. The first-order chi connectivity index (χ1) is 8.49. The zero-order chi connectivity index (χ0) is 13.3. The molecule has 0 atom stereocenters. The van der Waals surface area contributed by atoms with Crippen LogP contribution >= 0.6 is 15.9 Å². The molecule has 94 valence electrons. The predicted octanol–water partition coefficient (Wildman–Crippen LogP) is 4.24. The van der Waals surface area contributed by atoms with E-state index in [0.717, 1.165) is 12.1 Å². The van der Waals surface area contributed by atoms with E-state index in [9.17, 15) is 13.2 Å². The molecule has 2 aromatic carbocycles. The van der Waals surface area contributed by atoms with E-state index in [1.165, 1.54) is 18.2 Å². The number of nitrogen functional groups attached to an aromatic ring is 1. The molecular weight excluding hydrogens is 311 g/mol. The van der Waals surface area contributed by atoms with Crippen LogP contribution in [0, 0.1) is 17.5 Å². The Kier molecular flexibility index (Phi) is 3.47. The first-order valence-corrected chi connectivity index (χ1v) is 5.64. The van der Waals surface area contributed by atoms with Crippen LogP contribution in [0.25, 0.3) is 0 Å². The van der Waals surface area contributed by atoms with Crippen molar-refractivity contribution in [1.29, 1.82) is 0 Å². The van der Waals surface area contributed by atoms with Crippen LogP contribution in [-0.4, -0.2) is 0 Å². The van der Waals surface area contributed by atoms with Crippen molar-refractivity contribution in [3.8, 4) is 11.5 Å². The molecule has 0 bridgehead atoms. The van der Waals surface area contributed by atoms with Crippen molar-refractivity contribution in [3.05, 3.63) is 52.3 Å². The maximum atomic E-state index is 13.4. The van der Waals surface area contributed by atoms with Gasteiger partial charge in [-0.3, -0.25) is 0 Å². The summed E-state index contributed by atoms with van der Waals surface area (Å²) in [6.45, 7) is 0. The van der Waals surface area contributed by atoms with Crippen molar-refractivity contribution in [3.63, 3.8) is 0 Å². The van der Waals surface area contributed by atoms with E-state index in [2.05, 4.69) is 15.9 Å². The minimum Gasteiger partial charge on any atom is -0.452 e. The Morgan fingerprint density at radius 3 is 2.39 bits per heavy atom. The molecule has 0 aliphatic carbocycles. The molecule has 0 aliphatic rings. The number of hydrogen-bond acceptors (Lipinski definition) is 2. The lowest BCUT2D eigenvalue weighted by Gasteiger charge is -2.10. The van der Waals surface area contributed by atoms with Gasteiger partial charge in [0.15, 0.2) is 11.6 Å². The Morgan fingerprint density at radius 2 is 1.72 bits per heavy atom. The number of nitrogens with two attached hydrogens (primary N) is 1. The van der Waals surface area contributed by atoms with E-state index in [1.54, 1.807) is 0 Å². The molecule has 0 radical (unpaired) electrons. The number of anilines is 1. The second-order valence-electron chi connectivity index (χ2n) is 3.46. The fraction of sp³-hybridized carbons (Fsp3) is 0. The molecular formula is C12H7BrF3NO. The third kappa shape index (κ3) is 2.43. The SMILES string of the molecule is Nc1ccc(F)c(F)c1Oc1ccc(Br)c(F)c1. The van der Waals surface area contributed by atoms with Gasteiger partial charge in [0.05, 0.1) is 10.2 Å².